The number of hydrogen-bond acceptors (Lipinski definition) is 7. The third-order valence-electron chi connectivity index (χ3n) is 5.09. The lowest BCUT2D eigenvalue weighted by Crippen LogP contribution is -2.58. The summed E-state index contributed by atoms with van der Waals surface area (Å²) in [5.41, 5.74) is 4.61. The number of rotatable bonds is 1. The monoisotopic (exact) mass is 413 g/mol. The summed E-state index contributed by atoms with van der Waals surface area (Å²) in [6.45, 7) is 2.31. The van der Waals surface area contributed by atoms with Gasteiger partial charge in [0.05, 0.1) is 31.8 Å². The molecule has 2 aliphatic rings. The molecule has 2 saturated heterocycles. The number of ether oxygens (including phenoxy) is 2. The lowest BCUT2D eigenvalue weighted by Gasteiger charge is -2.41. The second-order valence-electron chi connectivity index (χ2n) is 7.55. The van der Waals surface area contributed by atoms with Gasteiger partial charge in [-0.2, -0.15) is 0 Å². The van der Waals surface area contributed by atoms with E-state index in [2.05, 4.69) is 20.9 Å². The van der Waals surface area contributed by atoms with Crippen LogP contribution in [0.15, 0.2) is 0 Å². The Hall–Kier alpha value is -2.24. The predicted octanol–water partition coefficient (Wildman–Crippen LogP) is -2.52. The molecule has 11 nitrogen and oxygen atoms in total. The number of piperidine rings is 1. The van der Waals surface area contributed by atoms with Crippen LogP contribution in [0, 0.1) is 0 Å². The highest BCUT2D eigenvalue weighted by molar-refractivity contribution is 5.91. The number of carbonyl (C=O) groups excluding carboxylic acids is 4. The van der Waals surface area contributed by atoms with E-state index in [1.807, 2.05) is 7.05 Å². The van der Waals surface area contributed by atoms with Gasteiger partial charge in [-0.1, -0.05) is 0 Å². The van der Waals surface area contributed by atoms with Crippen LogP contribution in [0.3, 0.4) is 0 Å². The van der Waals surface area contributed by atoms with Crippen molar-refractivity contribution in [3.05, 3.63) is 0 Å². The molecule has 2 rings (SSSR count). The predicted molar refractivity (Wildman–Crippen MR) is 103 cm³/mol. The Kier molecular flexibility index (Phi) is 8.80. The molecule has 2 aliphatic heterocycles. The van der Waals surface area contributed by atoms with Gasteiger partial charge in [0.1, 0.15) is 12.6 Å². The van der Waals surface area contributed by atoms with Gasteiger partial charge in [-0.3, -0.25) is 19.2 Å². The highest BCUT2D eigenvalue weighted by atomic mass is 16.5. The van der Waals surface area contributed by atoms with Crippen LogP contribution in [0.1, 0.15) is 25.7 Å². The molecule has 0 aromatic carbocycles. The molecule has 5 N–H and O–H groups in total. The minimum Gasteiger partial charge on any atom is -0.377 e. The summed E-state index contributed by atoms with van der Waals surface area (Å²) in [4.78, 5) is 50.8. The molecule has 0 aliphatic carbocycles. The van der Waals surface area contributed by atoms with E-state index in [-0.39, 0.29) is 51.7 Å². The van der Waals surface area contributed by atoms with Crippen LogP contribution >= 0.6 is 0 Å². The molecule has 29 heavy (non-hydrogen) atoms. The molecule has 164 valence electrons. The fourth-order valence-corrected chi connectivity index (χ4v) is 3.40. The minimum atomic E-state index is -1.12. The zero-order valence-corrected chi connectivity index (χ0v) is 16.8. The van der Waals surface area contributed by atoms with Gasteiger partial charge in [0, 0.05) is 26.1 Å². The summed E-state index contributed by atoms with van der Waals surface area (Å²) in [5, 5.41) is 8.09. The van der Waals surface area contributed by atoms with Gasteiger partial charge in [0.25, 0.3) is 0 Å². The van der Waals surface area contributed by atoms with E-state index in [9.17, 15) is 19.2 Å². The van der Waals surface area contributed by atoms with Gasteiger partial charge < -0.3 is 36.1 Å². The molecular weight excluding hydrogens is 382 g/mol. The quantitative estimate of drug-likeness (QED) is 0.370. The van der Waals surface area contributed by atoms with Crippen molar-refractivity contribution in [2.45, 2.75) is 37.3 Å². The highest BCUT2D eigenvalue weighted by Crippen LogP contribution is 2.25. The molecular formula is C18H31N5O6. The maximum absolute atomic E-state index is 12.6. The highest BCUT2D eigenvalue weighted by Gasteiger charge is 2.38. The Labute approximate surface area is 170 Å². The Morgan fingerprint density at radius 2 is 1.76 bits per heavy atom. The standard InChI is InChI=1S/C18H31N5O6/c1-23-5-2-18(3-6-23)11-15(25)21-13(17(19)27)10-14(24)20-4-7-28-8-9-29-12-16(26)22-18/h13H,2-12H2,1H3,(H2,19,27)(H,20,24)(H,21,25)(H,22,26)/t13-/m0/s1. The molecule has 0 saturated carbocycles. The topological polar surface area (TPSA) is 152 Å². The third-order valence-corrected chi connectivity index (χ3v) is 5.09. The number of primary amides is 1. The number of carbonyl (C=O) groups is 4. The normalized spacial score (nSPS) is 26.1. The molecule has 4 amide bonds. The van der Waals surface area contributed by atoms with Crippen LogP contribution in [-0.2, 0) is 28.7 Å². The van der Waals surface area contributed by atoms with Crippen molar-refractivity contribution in [2.75, 3.05) is 53.1 Å². The third kappa shape index (κ3) is 7.95. The molecule has 11 heteroatoms. The zero-order valence-electron chi connectivity index (χ0n) is 16.8. The molecule has 2 heterocycles. The van der Waals surface area contributed by atoms with Gasteiger partial charge in [0.15, 0.2) is 0 Å². The molecule has 1 spiro atoms. The molecule has 0 bridgehead atoms. The van der Waals surface area contributed by atoms with Gasteiger partial charge in [0.2, 0.25) is 23.6 Å². The van der Waals surface area contributed by atoms with E-state index in [0.717, 1.165) is 0 Å². The van der Waals surface area contributed by atoms with E-state index in [0.29, 0.717) is 25.9 Å². The van der Waals surface area contributed by atoms with Crippen molar-refractivity contribution >= 4 is 23.6 Å². The van der Waals surface area contributed by atoms with Crippen molar-refractivity contribution in [3.63, 3.8) is 0 Å². The van der Waals surface area contributed by atoms with Gasteiger partial charge >= 0.3 is 0 Å². The Balaban J connectivity index is 2.12. The average molecular weight is 413 g/mol. The van der Waals surface area contributed by atoms with Crippen molar-refractivity contribution in [2.24, 2.45) is 5.73 Å². The first-order chi connectivity index (χ1) is 13.8. The number of nitrogens with two attached hydrogens (primary N) is 1. The summed E-state index contributed by atoms with van der Waals surface area (Å²) in [6, 6.07) is -1.12. The maximum atomic E-state index is 12.6. The number of amides is 4. The smallest absolute Gasteiger partial charge is 0.246 e. The van der Waals surface area contributed by atoms with E-state index in [1.54, 1.807) is 0 Å². The Morgan fingerprint density at radius 1 is 1.07 bits per heavy atom. The van der Waals surface area contributed by atoms with Crippen molar-refractivity contribution in [1.82, 2.24) is 20.9 Å². The minimum absolute atomic E-state index is 0.0128. The summed E-state index contributed by atoms with van der Waals surface area (Å²) < 4.78 is 10.6. The number of hydrogen-bond donors (Lipinski definition) is 4. The molecule has 0 aromatic heterocycles. The maximum Gasteiger partial charge on any atom is 0.246 e. The fourth-order valence-electron chi connectivity index (χ4n) is 3.40. The molecule has 2 fully saturated rings. The molecule has 0 unspecified atom stereocenters. The SMILES string of the molecule is CN1CCC2(CC1)CC(=O)N[C@H](C(N)=O)CC(=O)NCCOCCOCC(=O)N2. The van der Waals surface area contributed by atoms with Crippen LogP contribution in [0.25, 0.3) is 0 Å². The van der Waals surface area contributed by atoms with E-state index in [1.165, 1.54) is 0 Å². The Morgan fingerprint density at radius 3 is 2.45 bits per heavy atom. The van der Waals surface area contributed by atoms with Crippen LogP contribution in [0.5, 0.6) is 0 Å². The van der Waals surface area contributed by atoms with Crippen molar-refractivity contribution in [1.29, 1.82) is 0 Å². The van der Waals surface area contributed by atoms with Crippen LogP contribution < -0.4 is 21.7 Å². The van der Waals surface area contributed by atoms with Crippen LogP contribution in [0.4, 0.5) is 0 Å². The fraction of sp³-hybridized carbons (Fsp3) is 0.778. The van der Waals surface area contributed by atoms with E-state index < -0.39 is 29.3 Å². The van der Waals surface area contributed by atoms with Gasteiger partial charge in [-0.15, -0.1) is 0 Å². The van der Waals surface area contributed by atoms with Crippen LogP contribution in [-0.4, -0.2) is 93.2 Å². The number of nitrogens with zero attached hydrogens (tertiary/aromatic N) is 1. The Bertz CT molecular complexity index is 606. The zero-order chi connectivity index (χ0) is 21.3. The van der Waals surface area contributed by atoms with Gasteiger partial charge in [-0.05, 0) is 19.9 Å². The summed E-state index contributed by atoms with van der Waals surface area (Å²) >= 11 is 0. The van der Waals surface area contributed by atoms with E-state index in [4.69, 9.17) is 15.2 Å². The van der Waals surface area contributed by atoms with Gasteiger partial charge in [-0.25, -0.2) is 0 Å². The second kappa shape index (κ2) is 11.1. The number of likely N-dealkylation sites (tertiary alicyclic amines) is 1. The van der Waals surface area contributed by atoms with Crippen LogP contribution in [0.2, 0.25) is 0 Å². The van der Waals surface area contributed by atoms with Crippen molar-refractivity contribution < 1.29 is 28.7 Å². The molecule has 0 radical (unpaired) electrons. The first kappa shape index (κ1) is 23.0. The number of nitrogens with one attached hydrogen (secondary N) is 3. The largest absolute Gasteiger partial charge is 0.377 e. The molecule has 0 aromatic rings. The second-order valence-corrected chi connectivity index (χ2v) is 7.55. The van der Waals surface area contributed by atoms with E-state index >= 15 is 0 Å². The lowest BCUT2D eigenvalue weighted by molar-refractivity contribution is -0.132. The average Bonchev–Trinajstić information content (AvgIpc) is 2.65. The molecule has 1 atom stereocenters. The first-order valence-electron chi connectivity index (χ1n) is 9.80. The summed E-state index contributed by atoms with van der Waals surface area (Å²) in [6.07, 6.45) is 0.883. The first-order valence-corrected chi connectivity index (χ1v) is 9.80. The summed E-state index contributed by atoms with van der Waals surface area (Å²) in [7, 11) is 1.97. The summed E-state index contributed by atoms with van der Waals surface area (Å²) in [5.74, 6) is -1.96. The van der Waals surface area contributed by atoms with Crippen molar-refractivity contribution in [3.8, 4) is 0 Å². The lowest BCUT2D eigenvalue weighted by atomic mass is 9.84.